The first kappa shape index (κ1) is 19.8. The minimum atomic E-state index is -1.12. The van der Waals surface area contributed by atoms with Crippen molar-refractivity contribution < 1.29 is 14.0 Å². The Bertz CT molecular complexity index is 1200. The molecule has 0 saturated carbocycles. The van der Waals surface area contributed by atoms with Crippen LogP contribution in [-0.2, 0) is 16.2 Å². The number of halogens is 1. The Morgan fingerprint density at radius 2 is 1.84 bits per heavy atom. The summed E-state index contributed by atoms with van der Waals surface area (Å²) in [5.74, 6) is -0.278. The Hall–Kier alpha value is -3.12. The summed E-state index contributed by atoms with van der Waals surface area (Å²) in [5.41, 5.74) is 4.07. The van der Waals surface area contributed by atoms with Crippen LogP contribution in [0.2, 0.25) is 0 Å². The average Bonchev–Trinajstić information content (AvgIpc) is 3.32. The van der Waals surface area contributed by atoms with Crippen molar-refractivity contribution in [1.82, 2.24) is 4.90 Å². The van der Waals surface area contributed by atoms with Gasteiger partial charge in [-0.15, -0.1) is 11.8 Å². The van der Waals surface area contributed by atoms with Crippen LogP contribution >= 0.6 is 11.8 Å². The molecule has 2 aliphatic rings. The van der Waals surface area contributed by atoms with Gasteiger partial charge >= 0.3 is 0 Å². The number of benzene rings is 3. The molecule has 1 saturated heterocycles. The van der Waals surface area contributed by atoms with Crippen molar-refractivity contribution in [3.63, 3.8) is 0 Å². The van der Waals surface area contributed by atoms with Gasteiger partial charge in [-0.1, -0.05) is 48.5 Å². The smallest absolute Gasteiger partial charge is 0.268 e. The fourth-order valence-electron chi connectivity index (χ4n) is 4.46. The van der Waals surface area contributed by atoms with E-state index in [1.165, 1.54) is 30.0 Å². The summed E-state index contributed by atoms with van der Waals surface area (Å²) in [6.45, 7) is 2.90. The molecule has 2 amide bonds. The summed E-state index contributed by atoms with van der Waals surface area (Å²) in [6.07, 6.45) is 0. The van der Waals surface area contributed by atoms with Crippen molar-refractivity contribution in [1.29, 1.82) is 0 Å². The zero-order chi connectivity index (χ0) is 21.6. The zero-order valence-electron chi connectivity index (χ0n) is 17.0. The molecule has 4 nitrogen and oxygen atoms in total. The summed E-state index contributed by atoms with van der Waals surface area (Å²) >= 11 is 1.48. The number of fused-ring (bicyclic) bond motifs is 2. The SMILES string of the molecule is Cc1ccccc1CN1C(=O)[C@]2(SCCN2C(=O)c2cccc(F)c2)c2ccccc21. The maximum absolute atomic E-state index is 14.0. The Morgan fingerprint density at radius 3 is 2.65 bits per heavy atom. The number of hydrogen-bond acceptors (Lipinski definition) is 3. The van der Waals surface area contributed by atoms with E-state index in [0.29, 0.717) is 18.8 Å². The number of aryl methyl sites for hydroxylation is 1. The highest BCUT2D eigenvalue weighted by molar-refractivity contribution is 8.01. The zero-order valence-corrected chi connectivity index (χ0v) is 17.9. The van der Waals surface area contributed by atoms with Gasteiger partial charge in [-0.25, -0.2) is 4.39 Å². The molecule has 1 spiro atoms. The molecular formula is C25H21FN2O2S. The van der Waals surface area contributed by atoms with E-state index in [9.17, 15) is 14.0 Å². The first-order valence-electron chi connectivity index (χ1n) is 10.2. The van der Waals surface area contributed by atoms with Crippen LogP contribution in [0, 0.1) is 12.7 Å². The van der Waals surface area contributed by atoms with Gasteiger partial charge in [0.2, 0.25) is 0 Å². The molecular weight excluding hydrogens is 411 g/mol. The molecule has 1 fully saturated rings. The van der Waals surface area contributed by atoms with Crippen LogP contribution in [0.4, 0.5) is 10.1 Å². The molecule has 0 unspecified atom stereocenters. The van der Waals surface area contributed by atoms with Gasteiger partial charge in [0.05, 0.1) is 12.2 Å². The van der Waals surface area contributed by atoms with Gasteiger partial charge in [0.15, 0.2) is 4.87 Å². The highest BCUT2D eigenvalue weighted by atomic mass is 32.2. The fraction of sp³-hybridized carbons (Fsp3) is 0.200. The van der Waals surface area contributed by atoms with E-state index in [4.69, 9.17) is 0 Å². The van der Waals surface area contributed by atoms with Crippen molar-refractivity contribution in [2.45, 2.75) is 18.3 Å². The average molecular weight is 433 g/mol. The van der Waals surface area contributed by atoms with Crippen molar-refractivity contribution in [2.75, 3.05) is 17.2 Å². The van der Waals surface area contributed by atoms with Crippen LogP contribution in [0.5, 0.6) is 0 Å². The van der Waals surface area contributed by atoms with Crippen LogP contribution in [0.25, 0.3) is 0 Å². The molecule has 0 bridgehead atoms. The lowest BCUT2D eigenvalue weighted by atomic mass is 10.0. The van der Waals surface area contributed by atoms with Crippen molar-refractivity contribution >= 4 is 29.3 Å². The fourth-order valence-corrected chi connectivity index (χ4v) is 5.92. The lowest BCUT2D eigenvalue weighted by molar-refractivity contribution is -0.123. The molecule has 0 N–H and O–H groups in total. The topological polar surface area (TPSA) is 40.6 Å². The van der Waals surface area contributed by atoms with Gasteiger partial charge in [0.25, 0.3) is 11.8 Å². The maximum Gasteiger partial charge on any atom is 0.268 e. The van der Waals surface area contributed by atoms with Crippen LogP contribution in [0.3, 0.4) is 0 Å². The monoisotopic (exact) mass is 432 g/mol. The second-order valence-corrected chi connectivity index (χ2v) is 9.08. The Morgan fingerprint density at radius 1 is 1.06 bits per heavy atom. The molecule has 156 valence electrons. The van der Waals surface area contributed by atoms with E-state index in [-0.39, 0.29) is 17.4 Å². The predicted molar refractivity (Wildman–Crippen MR) is 120 cm³/mol. The van der Waals surface area contributed by atoms with Crippen molar-refractivity contribution in [3.8, 4) is 0 Å². The van der Waals surface area contributed by atoms with Crippen LogP contribution < -0.4 is 4.90 Å². The van der Waals surface area contributed by atoms with E-state index >= 15 is 0 Å². The Balaban J connectivity index is 1.59. The first-order valence-corrected chi connectivity index (χ1v) is 11.2. The number of carbonyl (C=O) groups is 2. The third kappa shape index (κ3) is 3.05. The summed E-state index contributed by atoms with van der Waals surface area (Å²) in [4.78, 5) is 29.6. The molecule has 2 heterocycles. The first-order chi connectivity index (χ1) is 15.0. The number of rotatable bonds is 3. The van der Waals surface area contributed by atoms with Crippen molar-refractivity contribution in [2.24, 2.45) is 0 Å². The van der Waals surface area contributed by atoms with Crippen LogP contribution in [0.1, 0.15) is 27.0 Å². The molecule has 0 aromatic heterocycles. The summed E-state index contributed by atoms with van der Waals surface area (Å²) < 4.78 is 13.8. The molecule has 3 aromatic rings. The van der Waals surface area contributed by atoms with Gasteiger partial charge in [0, 0.05) is 23.4 Å². The van der Waals surface area contributed by atoms with Gasteiger partial charge < -0.3 is 9.80 Å². The molecule has 3 aromatic carbocycles. The minimum absolute atomic E-state index is 0.121. The predicted octanol–water partition coefficient (Wildman–Crippen LogP) is 4.72. The van der Waals surface area contributed by atoms with E-state index in [0.717, 1.165) is 22.4 Å². The van der Waals surface area contributed by atoms with Crippen LogP contribution in [0.15, 0.2) is 72.8 Å². The van der Waals surface area contributed by atoms with Gasteiger partial charge in [-0.05, 0) is 42.3 Å². The maximum atomic E-state index is 14.0. The number of nitrogens with zero attached hydrogens (tertiary/aromatic N) is 2. The van der Waals surface area contributed by atoms with Crippen molar-refractivity contribution in [3.05, 3.63) is 101 Å². The standard InChI is InChI=1S/C25H21FN2O2S/c1-17-7-2-3-8-19(17)16-27-22-12-5-4-11-21(22)25(24(27)30)28(13-14-31-25)23(29)18-9-6-10-20(26)15-18/h2-12,15H,13-14,16H2,1H3/t25-/m1/s1. The van der Waals surface area contributed by atoms with Gasteiger partial charge in [0.1, 0.15) is 5.82 Å². The molecule has 6 heteroatoms. The largest absolute Gasteiger partial charge is 0.311 e. The third-order valence-electron chi connectivity index (χ3n) is 6.01. The minimum Gasteiger partial charge on any atom is -0.311 e. The number of thioether (sulfide) groups is 1. The highest BCUT2D eigenvalue weighted by Crippen LogP contribution is 2.54. The third-order valence-corrected chi connectivity index (χ3v) is 7.43. The second kappa shape index (κ2) is 7.54. The van der Waals surface area contributed by atoms with Gasteiger partial charge in [-0.3, -0.25) is 9.59 Å². The number of hydrogen-bond donors (Lipinski definition) is 0. The normalized spacial score (nSPS) is 19.9. The quantitative estimate of drug-likeness (QED) is 0.601. The lowest BCUT2D eigenvalue weighted by Gasteiger charge is -2.33. The number of anilines is 1. The Labute approximate surface area is 184 Å². The molecule has 0 radical (unpaired) electrons. The summed E-state index contributed by atoms with van der Waals surface area (Å²) in [6, 6.07) is 21.3. The Kier molecular flexibility index (Phi) is 4.82. The summed E-state index contributed by atoms with van der Waals surface area (Å²) in [7, 11) is 0. The molecule has 1 atom stereocenters. The molecule has 0 aliphatic carbocycles. The number of para-hydroxylation sites is 1. The number of amides is 2. The number of carbonyl (C=O) groups excluding carboxylic acids is 2. The van der Waals surface area contributed by atoms with E-state index in [2.05, 4.69) is 0 Å². The lowest BCUT2D eigenvalue weighted by Crippen LogP contribution is -2.50. The van der Waals surface area contributed by atoms with E-state index in [1.54, 1.807) is 15.9 Å². The van der Waals surface area contributed by atoms with E-state index < -0.39 is 10.7 Å². The van der Waals surface area contributed by atoms with E-state index in [1.807, 2.05) is 55.5 Å². The van der Waals surface area contributed by atoms with Gasteiger partial charge in [-0.2, -0.15) is 0 Å². The summed E-state index contributed by atoms with van der Waals surface area (Å²) in [5, 5.41) is 0. The van der Waals surface area contributed by atoms with Crippen LogP contribution in [-0.4, -0.2) is 29.0 Å². The molecule has 5 rings (SSSR count). The highest BCUT2D eigenvalue weighted by Gasteiger charge is 2.59. The molecule has 2 aliphatic heterocycles. The second-order valence-electron chi connectivity index (χ2n) is 7.79. The molecule has 31 heavy (non-hydrogen) atoms.